The molecule has 178 valence electrons. The van der Waals surface area contributed by atoms with Crippen LogP contribution in [0.3, 0.4) is 0 Å². The lowest BCUT2D eigenvalue weighted by Crippen LogP contribution is -2.27. The topological polar surface area (TPSA) is 75.7 Å². The summed E-state index contributed by atoms with van der Waals surface area (Å²) < 4.78 is 6.54. The van der Waals surface area contributed by atoms with Crippen molar-refractivity contribution in [1.29, 1.82) is 0 Å². The molecule has 9 heteroatoms. The first-order valence-electron chi connectivity index (χ1n) is 10.6. The number of benzene rings is 3. The maximum atomic E-state index is 13.0. The van der Waals surface area contributed by atoms with E-state index >= 15 is 0 Å². The van der Waals surface area contributed by atoms with Crippen LogP contribution < -0.4 is 10.1 Å². The zero-order valence-corrected chi connectivity index (χ0v) is 21.7. The van der Waals surface area contributed by atoms with Crippen LogP contribution in [-0.2, 0) is 16.1 Å². The lowest BCUT2D eigenvalue weighted by molar-refractivity contribution is -0.123. The molecule has 3 aromatic rings. The number of ether oxygens (including phenoxy) is 1. The average Bonchev–Trinajstić information content (AvgIpc) is 3.07. The van der Waals surface area contributed by atoms with Crippen molar-refractivity contribution in [3.8, 4) is 5.75 Å². The van der Waals surface area contributed by atoms with Gasteiger partial charge in [0.2, 0.25) is 0 Å². The Morgan fingerprint density at radius 3 is 2.69 bits per heavy atom. The Morgan fingerprint density at radius 1 is 1.11 bits per heavy atom. The predicted molar refractivity (Wildman–Crippen MR) is 142 cm³/mol. The van der Waals surface area contributed by atoms with E-state index in [1.165, 1.54) is 4.90 Å². The van der Waals surface area contributed by atoms with Crippen LogP contribution in [0, 0.1) is 6.92 Å². The number of carbonyl (C=O) groups is 3. The molecule has 0 atom stereocenters. The summed E-state index contributed by atoms with van der Waals surface area (Å²) in [7, 11) is 0. The second-order valence-corrected chi connectivity index (χ2v) is 10.0. The van der Waals surface area contributed by atoms with Crippen LogP contribution in [0.5, 0.6) is 5.75 Å². The fourth-order valence-corrected chi connectivity index (χ4v) is 4.82. The molecule has 0 saturated carbocycles. The van der Waals surface area contributed by atoms with Crippen molar-refractivity contribution in [2.75, 3.05) is 11.9 Å². The van der Waals surface area contributed by atoms with Crippen molar-refractivity contribution in [2.45, 2.75) is 13.5 Å². The normalized spacial score (nSPS) is 14.5. The Bertz CT molecular complexity index is 1340. The molecule has 1 aliphatic rings. The number of thioether (sulfide) groups is 1. The quantitative estimate of drug-likeness (QED) is 0.321. The van der Waals surface area contributed by atoms with Crippen LogP contribution >= 0.6 is 39.3 Å². The highest BCUT2D eigenvalue weighted by atomic mass is 79.9. The van der Waals surface area contributed by atoms with E-state index in [9.17, 15) is 14.4 Å². The minimum Gasteiger partial charge on any atom is -0.483 e. The summed E-state index contributed by atoms with van der Waals surface area (Å²) >= 11 is 10.5. The highest BCUT2D eigenvalue weighted by Gasteiger charge is 2.35. The number of rotatable bonds is 7. The molecule has 0 unspecified atom stereocenters. The van der Waals surface area contributed by atoms with Crippen molar-refractivity contribution < 1.29 is 19.1 Å². The van der Waals surface area contributed by atoms with Gasteiger partial charge in [-0.05, 0) is 72.3 Å². The van der Waals surface area contributed by atoms with Crippen LogP contribution in [0.1, 0.15) is 16.7 Å². The van der Waals surface area contributed by atoms with Gasteiger partial charge in [0, 0.05) is 20.7 Å². The van der Waals surface area contributed by atoms with Gasteiger partial charge in [0.05, 0.1) is 11.4 Å². The van der Waals surface area contributed by atoms with Crippen molar-refractivity contribution in [3.05, 3.63) is 97.8 Å². The first kappa shape index (κ1) is 25.0. The number of hydrogen-bond acceptors (Lipinski definition) is 5. The molecule has 1 fully saturated rings. The number of carbonyl (C=O) groups excluding carboxylic acids is 3. The summed E-state index contributed by atoms with van der Waals surface area (Å²) in [5, 5.41) is 2.85. The molecule has 0 aliphatic carbocycles. The van der Waals surface area contributed by atoms with Crippen LogP contribution in [0.4, 0.5) is 10.5 Å². The van der Waals surface area contributed by atoms with Crippen molar-refractivity contribution in [1.82, 2.24) is 4.90 Å². The molecule has 35 heavy (non-hydrogen) atoms. The van der Waals surface area contributed by atoms with Gasteiger partial charge in [-0.2, -0.15) is 0 Å². The van der Waals surface area contributed by atoms with Crippen LogP contribution in [0.15, 0.2) is 76.1 Å². The Labute approximate surface area is 220 Å². The number of imide groups is 1. The van der Waals surface area contributed by atoms with Gasteiger partial charge in [-0.15, -0.1) is 0 Å². The molecule has 1 N–H and O–H groups in total. The van der Waals surface area contributed by atoms with E-state index in [1.54, 1.807) is 30.3 Å². The molecule has 0 radical (unpaired) electrons. The summed E-state index contributed by atoms with van der Waals surface area (Å²) in [5.41, 5.74) is 3.01. The Kier molecular flexibility index (Phi) is 7.95. The number of anilines is 1. The zero-order chi connectivity index (χ0) is 24.9. The molecule has 0 aromatic heterocycles. The van der Waals surface area contributed by atoms with E-state index in [0.717, 1.165) is 27.4 Å². The fourth-order valence-electron chi connectivity index (χ4n) is 3.40. The number of hydrogen-bond donors (Lipinski definition) is 1. The van der Waals surface area contributed by atoms with E-state index in [2.05, 4.69) is 21.2 Å². The van der Waals surface area contributed by atoms with Gasteiger partial charge in [-0.25, -0.2) is 0 Å². The Hall–Kier alpha value is -3.07. The number of halogens is 2. The molecule has 3 amide bonds. The lowest BCUT2D eigenvalue weighted by atomic mass is 10.1. The molecule has 1 aliphatic heterocycles. The molecular weight excluding hydrogens is 552 g/mol. The molecule has 6 nitrogen and oxygen atoms in total. The number of nitrogens with one attached hydrogen (secondary N) is 1. The maximum absolute atomic E-state index is 13.0. The third-order valence-electron chi connectivity index (χ3n) is 5.08. The summed E-state index contributed by atoms with van der Waals surface area (Å²) in [4.78, 5) is 39.4. The number of amides is 3. The third-order valence-corrected chi connectivity index (χ3v) is 7.00. The van der Waals surface area contributed by atoms with E-state index in [4.69, 9.17) is 16.3 Å². The Balaban J connectivity index is 1.49. The summed E-state index contributed by atoms with van der Waals surface area (Å²) in [5.74, 6) is -0.365. The van der Waals surface area contributed by atoms with E-state index in [1.807, 2.05) is 49.4 Å². The van der Waals surface area contributed by atoms with Crippen molar-refractivity contribution in [2.24, 2.45) is 0 Å². The number of aryl methyl sites for hydroxylation is 1. The smallest absolute Gasteiger partial charge is 0.293 e. The number of nitrogens with zero attached hydrogens (tertiary/aromatic N) is 1. The standard InChI is InChI=1S/C26H20BrClN2O4S/c1-16-5-4-7-20(11-16)29-24(31)15-34-22-10-9-19(28)12-18(22)13-23-25(32)30(26(33)35-23)14-17-6-2-3-8-21(17)27/h2-13H,14-15H2,1H3,(H,29,31)/b23-13-. The zero-order valence-electron chi connectivity index (χ0n) is 18.6. The van der Waals surface area contributed by atoms with Gasteiger partial charge < -0.3 is 10.1 Å². The first-order valence-corrected chi connectivity index (χ1v) is 12.6. The van der Waals surface area contributed by atoms with Crippen molar-refractivity contribution in [3.63, 3.8) is 0 Å². The monoisotopic (exact) mass is 570 g/mol. The van der Waals surface area contributed by atoms with E-state index < -0.39 is 5.91 Å². The fraction of sp³-hybridized carbons (Fsp3) is 0.115. The second-order valence-electron chi connectivity index (χ2n) is 7.75. The molecule has 4 rings (SSSR count). The van der Waals surface area contributed by atoms with E-state index in [0.29, 0.717) is 22.0 Å². The first-order chi connectivity index (χ1) is 16.8. The summed E-state index contributed by atoms with van der Waals surface area (Å²) in [6.07, 6.45) is 1.56. The van der Waals surface area contributed by atoms with Gasteiger partial charge >= 0.3 is 0 Å². The van der Waals surface area contributed by atoms with E-state index in [-0.39, 0.29) is 29.2 Å². The van der Waals surface area contributed by atoms with Crippen molar-refractivity contribution >= 4 is 68.1 Å². The minimum atomic E-state index is -0.404. The van der Waals surface area contributed by atoms with Gasteiger partial charge in [-0.1, -0.05) is 57.9 Å². The molecule has 0 bridgehead atoms. The predicted octanol–water partition coefficient (Wildman–Crippen LogP) is 6.66. The maximum Gasteiger partial charge on any atom is 0.293 e. The molecule has 1 saturated heterocycles. The highest BCUT2D eigenvalue weighted by Crippen LogP contribution is 2.36. The average molecular weight is 572 g/mol. The molecule has 0 spiro atoms. The van der Waals surface area contributed by atoms with Crippen LogP contribution in [0.25, 0.3) is 6.08 Å². The van der Waals surface area contributed by atoms with Gasteiger partial charge in [0.1, 0.15) is 5.75 Å². The molecule has 3 aromatic carbocycles. The molecular formula is C26H20BrClN2O4S. The van der Waals surface area contributed by atoms with Gasteiger partial charge in [0.15, 0.2) is 6.61 Å². The summed E-state index contributed by atoms with van der Waals surface area (Å²) in [6.45, 7) is 1.86. The minimum absolute atomic E-state index is 0.154. The lowest BCUT2D eigenvalue weighted by Gasteiger charge is -2.13. The van der Waals surface area contributed by atoms with Gasteiger partial charge in [-0.3, -0.25) is 19.3 Å². The SMILES string of the molecule is Cc1cccc(NC(=O)COc2ccc(Cl)cc2/C=C2\SC(=O)N(Cc3ccccc3Br)C2=O)c1. The third kappa shape index (κ3) is 6.33. The highest BCUT2D eigenvalue weighted by molar-refractivity contribution is 9.10. The second kappa shape index (κ2) is 11.1. The largest absolute Gasteiger partial charge is 0.483 e. The van der Waals surface area contributed by atoms with Gasteiger partial charge in [0.25, 0.3) is 17.1 Å². The van der Waals surface area contributed by atoms with Crippen LogP contribution in [-0.4, -0.2) is 28.6 Å². The molecule has 1 heterocycles. The Morgan fingerprint density at radius 2 is 1.91 bits per heavy atom. The van der Waals surface area contributed by atoms with Crippen LogP contribution in [0.2, 0.25) is 5.02 Å². The summed E-state index contributed by atoms with van der Waals surface area (Å²) in [6, 6.07) is 19.7.